The molecule has 1 heterocycles. The Hall–Kier alpha value is -0.680. The Morgan fingerprint density at radius 2 is 2.16 bits per heavy atom. The van der Waals surface area contributed by atoms with E-state index in [0.29, 0.717) is 14.7 Å². The standard InChI is InChI=1S/C14H14BrFN2S/c15-9-5-12-11(6-10(9)16)17-13(19)18(12)7-14(3-4-14)8-1-2-8/h5-6,8H,1-4,7H2,(H,17,19). The van der Waals surface area contributed by atoms with Crippen LogP contribution in [0.1, 0.15) is 25.7 Å². The maximum atomic E-state index is 13.6. The van der Waals surface area contributed by atoms with Crippen molar-refractivity contribution in [1.29, 1.82) is 0 Å². The minimum Gasteiger partial charge on any atom is -0.330 e. The van der Waals surface area contributed by atoms with Crippen LogP contribution in [-0.4, -0.2) is 9.55 Å². The van der Waals surface area contributed by atoms with Crippen LogP contribution in [0.4, 0.5) is 4.39 Å². The number of hydrogen-bond acceptors (Lipinski definition) is 1. The molecule has 0 bridgehead atoms. The Bertz CT molecular complexity index is 725. The second-order valence-corrected chi connectivity index (χ2v) is 7.18. The third-order valence-electron chi connectivity index (χ3n) is 4.62. The second kappa shape index (κ2) is 3.92. The third kappa shape index (κ3) is 1.89. The number of rotatable bonds is 3. The fourth-order valence-corrected chi connectivity index (χ4v) is 3.78. The normalized spacial score (nSPS) is 20.9. The minimum atomic E-state index is -0.251. The molecule has 0 saturated heterocycles. The summed E-state index contributed by atoms with van der Waals surface area (Å²) in [5, 5.41) is 0. The Morgan fingerprint density at radius 3 is 2.79 bits per heavy atom. The van der Waals surface area contributed by atoms with Crippen molar-refractivity contribution in [2.45, 2.75) is 32.2 Å². The molecule has 2 nitrogen and oxygen atoms in total. The molecule has 1 aromatic heterocycles. The molecule has 0 spiro atoms. The van der Waals surface area contributed by atoms with Gasteiger partial charge in [0.2, 0.25) is 0 Å². The number of H-pyrrole nitrogens is 1. The van der Waals surface area contributed by atoms with Gasteiger partial charge in [0.05, 0.1) is 15.5 Å². The summed E-state index contributed by atoms with van der Waals surface area (Å²) in [4.78, 5) is 3.12. The van der Waals surface area contributed by atoms with Crippen molar-refractivity contribution >= 4 is 39.2 Å². The van der Waals surface area contributed by atoms with Gasteiger partial charge >= 0.3 is 0 Å². The quantitative estimate of drug-likeness (QED) is 0.796. The van der Waals surface area contributed by atoms with Gasteiger partial charge in [-0.3, -0.25) is 0 Å². The maximum absolute atomic E-state index is 13.6. The van der Waals surface area contributed by atoms with Crippen LogP contribution in [0.5, 0.6) is 0 Å². The number of nitrogens with zero attached hydrogens (tertiary/aromatic N) is 1. The van der Waals surface area contributed by atoms with E-state index in [-0.39, 0.29) is 5.82 Å². The van der Waals surface area contributed by atoms with Gasteiger partial charge in [-0.05, 0) is 71.2 Å². The summed E-state index contributed by atoms with van der Waals surface area (Å²) < 4.78 is 16.9. The summed E-state index contributed by atoms with van der Waals surface area (Å²) in [6, 6.07) is 3.35. The number of fused-ring (bicyclic) bond motifs is 1. The van der Waals surface area contributed by atoms with E-state index in [0.717, 1.165) is 23.5 Å². The van der Waals surface area contributed by atoms with Gasteiger partial charge in [-0.2, -0.15) is 0 Å². The predicted octanol–water partition coefficient (Wildman–Crippen LogP) is 4.79. The van der Waals surface area contributed by atoms with Crippen LogP contribution in [0, 0.1) is 21.9 Å². The lowest BCUT2D eigenvalue weighted by Crippen LogP contribution is -2.13. The molecule has 2 aromatic rings. The molecule has 2 aliphatic rings. The van der Waals surface area contributed by atoms with Gasteiger partial charge in [-0.25, -0.2) is 4.39 Å². The molecule has 5 heteroatoms. The zero-order chi connectivity index (χ0) is 13.2. The number of halogens is 2. The van der Waals surface area contributed by atoms with Crippen LogP contribution < -0.4 is 0 Å². The number of aromatic amines is 1. The third-order valence-corrected chi connectivity index (χ3v) is 5.55. The average Bonchev–Trinajstić information content (AvgIpc) is 3.24. The molecular weight excluding hydrogens is 327 g/mol. The molecule has 0 atom stereocenters. The number of benzene rings is 1. The van der Waals surface area contributed by atoms with Crippen LogP contribution in [0.25, 0.3) is 11.0 Å². The average molecular weight is 341 g/mol. The van der Waals surface area contributed by atoms with Crippen LogP contribution in [0.15, 0.2) is 16.6 Å². The highest BCUT2D eigenvalue weighted by molar-refractivity contribution is 9.10. The highest BCUT2D eigenvalue weighted by Gasteiger charge is 2.53. The lowest BCUT2D eigenvalue weighted by Gasteiger charge is -2.15. The number of imidazole rings is 1. The lowest BCUT2D eigenvalue weighted by molar-refractivity contribution is 0.373. The van der Waals surface area contributed by atoms with E-state index in [4.69, 9.17) is 12.2 Å². The first-order chi connectivity index (χ1) is 9.09. The Morgan fingerprint density at radius 1 is 1.42 bits per heavy atom. The number of hydrogen-bond donors (Lipinski definition) is 1. The topological polar surface area (TPSA) is 20.7 Å². The van der Waals surface area contributed by atoms with Crippen molar-refractivity contribution in [2.75, 3.05) is 0 Å². The van der Waals surface area contributed by atoms with E-state index in [1.54, 1.807) is 0 Å². The second-order valence-electron chi connectivity index (χ2n) is 5.94. The van der Waals surface area contributed by atoms with Crippen LogP contribution in [0.2, 0.25) is 0 Å². The molecule has 4 rings (SSSR count). The summed E-state index contributed by atoms with van der Waals surface area (Å²) in [7, 11) is 0. The molecule has 2 aliphatic carbocycles. The highest BCUT2D eigenvalue weighted by atomic mass is 79.9. The Balaban J connectivity index is 1.82. The van der Waals surface area contributed by atoms with Crippen molar-refractivity contribution in [3.8, 4) is 0 Å². The van der Waals surface area contributed by atoms with Crippen LogP contribution in [0.3, 0.4) is 0 Å². The molecule has 0 unspecified atom stereocenters. The molecule has 1 aromatic carbocycles. The van der Waals surface area contributed by atoms with Gasteiger partial charge in [0.15, 0.2) is 4.77 Å². The van der Waals surface area contributed by atoms with Crippen molar-refractivity contribution in [1.82, 2.24) is 9.55 Å². The summed E-state index contributed by atoms with van der Waals surface area (Å²) >= 11 is 8.67. The fraction of sp³-hybridized carbons (Fsp3) is 0.500. The van der Waals surface area contributed by atoms with Crippen molar-refractivity contribution in [2.24, 2.45) is 11.3 Å². The first kappa shape index (κ1) is 12.1. The van der Waals surface area contributed by atoms with E-state index in [1.807, 2.05) is 6.07 Å². The summed E-state index contributed by atoms with van der Waals surface area (Å²) in [5.74, 6) is 0.641. The number of nitrogens with one attached hydrogen (secondary N) is 1. The molecule has 1 N–H and O–H groups in total. The largest absolute Gasteiger partial charge is 0.330 e. The fourth-order valence-electron chi connectivity index (χ4n) is 3.18. The summed E-state index contributed by atoms with van der Waals surface area (Å²) in [6.07, 6.45) is 5.37. The van der Waals surface area contributed by atoms with Gasteiger partial charge < -0.3 is 9.55 Å². The van der Waals surface area contributed by atoms with Gasteiger partial charge in [0, 0.05) is 12.6 Å². The van der Waals surface area contributed by atoms with E-state index in [2.05, 4.69) is 25.5 Å². The van der Waals surface area contributed by atoms with Crippen molar-refractivity contribution in [3.05, 3.63) is 27.2 Å². The Labute approximate surface area is 124 Å². The van der Waals surface area contributed by atoms with E-state index >= 15 is 0 Å². The molecule has 2 saturated carbocycles. The van der Waals surface area contributed by atoms with Crippen molar-refractivity contribution < 1.29 is 4.39 Å². The smallest absolute Gasteiger partial charge is 0.178 e. The number of aromatic nitrogens is 2. The Kier molecular flexibility index (Phi) is 2.49. The molecular formula is C14H14BrFN2S. The molecule has 2 fully saturated rings. The lowest BCUT2D eigenvalue weighted by atomic mass is 10.0. The highest BCUT2D eigenvalue weighted by Crippen LogP contribution is 2.62. The minimum absolute atomic E-state index is 0.251. The van der Waals surface area contributed by atoms with Crippen molar-refractivity contribution in [3.63, 3.8) is 0 Å². The zero-order valence-corrected chi connectivity index (χ0v) is 12.8. The molecule has 19 heavy (non-hydrogen) atoms. The SMILES string of the molecule is Fc1cc2[nH]c(=S)n(CC3(C4CC4)CC3)c2cc1Br. The van der Waals surface area contributed by atoms with Crippen LogP contribution in [-0.2, 0) is 6.54 Å². The van der Waals surface area contributed by atoms with Crippen LogP contribution >= 0.6 is 28.1 Å². The first-order valence-electron chi connectivity index (χ1n) is 6.67. The van der Waals surface area contributed by atoms with Gasteiger partial charge in [-0.15, -0.1) is 0 Å². The van der Waals surface area contributed by atoms with E-state index in [1.165, 1.54) is 31.7 Å². The predicted molar refractivity (Wildman–Crippen MR) is 79.2 cm³/mol. The van der Waals surface area contributed by atoms with E-state index in [9.17, 15) is 4.39 Å². The van der Waals surface area contributed by atoms with Gasteiger partial charge in [-0.1, -0.05) is 0 Å². The maximum Gasteiger partial charge on any atom is 0.178 e. The monoisotopic (exact) mass is 340 g/mol. The summed E-state index contributed by atoms with van der Waals surface area (Å²) in [5.41, 5.74) is 2.27. The van der Waals surface area contributed by atoms with E-state index < -0.39 is 0 Å². The molecule has 100 valence electrons. The van der Waals surface area contributed by atoms with Gasteiger partial charge in [0.1, 0.15) is 5.82 Å². The molecule has 0 aliphatic heterocycles. The molecule has 0 radical (unpaired) electrons. The van der Waals surface area contributed by atoms with Gasteiger partial charge in [0.25, 0.3) is 0 Å². The first-order valence-corrected chi connectivity index (χ1v) is 7.87. The zero-order valence-electron chi connectivity index (χ0n) is 10.4. The summed E-state index contributed by atoms with van der Waals surface area (Å²) in [6.45, 7) is 0.981. The molecule has 0 amide bonds.